The number of ether oxygens (including phenoxy) is 3. The maximum absolute atomic E-state index is 14.2. The highest BCUT2D eigenvalue weighted by molar-refractivity contribution is 14.1. The first-order valence-corrected chi connectivity index (χ1v) is 12.5. The predicted molar refractivity (Wildman–Crippen MR) is 141 cm³/mol. The molecule has 3 aromatic rings. The summed E-state index contributed by atoms with van der Waals surface area (Å²) in [4.78, 5) is 16.8. The van der Waals surface area contributed by atoms with Gasteiger partial charge in [-0.05, 0) is 78.0 Å². The van der Waals surface area contributed by atoms with E-state index < -0.39 is 41.8 Å². The Morgan fingerprint density at radius 2 is 1.72 bits per heavy atom. The molecule has 2 aromatic carbocycles. The minimum absolute atomic E-state index is 0.0472. The zero-order valence-electron chi connectivity index (χ0n) is 21.0. The fourth-order valence-electron chi connectivity index (χ4n) is 3.48. The van der Waals surface area contributed by atoms with Gasteiger partial charge in [0, 0.05) is 14.7 Å². The molecule has 0 spiro atoms. The number of carbonyl (C=O) groups excluding carboxylic acids is 1. The molecular formula is C26H25F4IN2O6. The van der Waals surface area contributed by atoms with Gasteiger partial charge in [-0.15, -0.1) is 0 Å². The van der Waals surface area contributed by atoms with Crippen LogP contribution < -0.4 is 19.5 Å². The van der Waals surface area contributed by atoms with Crippen molar-refractivity contribution in [2.24, 2.45) is 0 Å². The number of benzene rings is 2. The fourth-order valence-corrected chi connectivity index (χ4v) is 3.99. The highest BCUT2D eigenvalue weighted by Crippen LogP contribution is 2.40. The maximum atomic E-state index is 14.2. The molecule has 0 aliphatic carbocycles. The van der Waals surface area contributed by atoms with Gasteiger partial charge in [0.25, 0.3) is 5.91 Å². The van der Waals surface area contributed by atoms with Crippen molar-refractivity contribution < 1.29 is 46.8 Å². The lowest BCUT2D eigenvalue weighted by atomic mass is 9.96. The maximum Gasteiger partial charge on any atom is 0.424 e. The predicted octanol–water partition coefficient (Wildman–Crippen LogP) is 4.45. The Hall–Kier alpha value is -3.17. The molecule has 39 heavy (non-hydrogen) atoms. The molecule has 0 radical (unpaired) electrons. The Bertz CT molecular complexity index is 1340. The average Bonchev–Trinajstić information content (AvgIpc) is 2.90. The molecule has 1 heterocycles. The topological polar surface area (TPSA) is 110 Å². The van der Waals surface area contributed by atoms with Gasteiger partial charge in [0.2, 0.25) is 5.60 Å². The van der Waals surface area contributed by atoms with Crippen molar-refractivity contribution in [3.05, 3.63) is 69.2 Å². The molecule has 3 rings (SSSR count). The smallest absolute Gasteiger partial charge is 0.424 e. The zero-order chi connectivity index (χ0) is 29.0. The number of halogens is 5. The van der Waals surface area contributed by atoms with E-state index in [2.05, 4.69) is 10.3 Å². The van der Waals surface area contributed by atoms with Crippen molar-refractivity contribution in [2.45, 2.75) is 24.8 Å². The van der Waals surface area contributed by atoms with Crippen LogP contribution in [0.4, 0.5) is 17.6 Å². The van der Waals surface area contributed by atoms with E-state index in [0.717, 1.165) is 12.1 Å². The molecule has 13 heteroatoms. The number of hydrogen-bond donors (Lipinski definition) is 3. The number of pyridine rings is 1. The first-order chi connectivity index (χ1) is 18.3. The number of nitrogens with zero attached hydrogens (tertiary/aromatic N) is 1. The fraction of sp³-hybridized carbons (Fsp3) is 0.308. The number of carbonyl (C=O) groups is 1. The molecule has 0 aliphatic rings. The molecule has 0 fully saturated rings. The number of alkyl halides is 3. The molecule has 0 bridgehead atoms. The number of methoxy groups -OCH3 is 2. The second-order valence-electron chi connectivity index (χ2n) is 8.44. The summed E-state index contributed by atoms with van der Waals surface area (Å²) in [6, 6.07) is 9.88. The lowest BCUT2D eigenvalue weighted by Crippen LogP contribution is -2.51. The molecule has 1 unspecified atom stereocenters. The van der Waals surface area contributed by atoms with E-state index in [1.807, 2.05) is 0 Å². The number of aromatic nitrogens is 1. The van der Waals surface area contributed by atoms with E-state index in [1.54, 1.807) is 22.6 Å². The van der Waals surface area contributed by atoms with Gasteiger partial charge in [-0.2, -0.15) is 13.2 Å². The van der Waals surface area contributed by atoms with Gasteiger partial charge in [0.1, 0.15) is 23.9 Å². The van der Waals surface area contributed by atoms with Gasteiger partial charge in [-0.3, -0.25) is 4.79 Å². The molecule has 2 atom stereocenters. The van der Waals surface area contributed by atoms with Crippen LogP contribution in [0.1, 0.15) is 23.0 Å². The number of rotatable bonds is 10. The molecule has 1 amide bonds. The third kappa shape index (κ3) is 6.89. The highest BCUT2D eigenvalue weighted by Gasteiger charge is 2.56. The van der Waals surface area contributed by atoms with E-state index in [1.165, 1.54) is 57.5 Å². The van der Waals surface area contributed by atoms with Crippen LogP contribution in [0.25, 0.3) is 11.3 Å². The van der Waals surface area contributed by atoms with Crippen LogP contribution in [0.15, 0.2) is 48.5 Å². The van der Waals surface area contributed by atoms with Gasteiger partial charge >= 0.3 is 6.18 Å². The minimum Gasteiger partial charge on any atom is -0.494 e. The first-order valence-electron chi connectivity index (χ1n) is 11.4. The van der Waals surface area contributed by atoms with Crippen molar-refractivity contribution in [2.75, 3.05) is 27.4 Å². The third-order valence-electron chi connectivity index (χ3n) is 5.57. The Morgan fingerprint density at radius 3 is 2.31 bits per heavy atom. The lowest BCUT2D eigenvalue weighted by Gasteiger charge is -2.30. The van der Waals surface area contributed by atoms with Crippen LogP contribution in [0, 0.1) is 9.39 Å². The third-order valence-corrected chi connectivity index (χ3v) is 6.40. The van der Waals surface area contributed by atoms with Crippen LogP contribution in [0.3, 0.4) is 0 Å². The summed E-state index contributed by atoms with van der Waals surface area (Å²) in [7, 11) is 2.60. The number of aliphatic hydroxyl groups is 2. The first kappa shape index (κ1) is 30.4. The summed E-state index contributed by atoms with van der Waals surface area (Å²) in [5.74, 6) is -1.03. The molecule has 8 nitrogen and oxygen atoms in total. The Balaban J connectivity index is 1.93. The SMILES string of the molecule is COc1cc(C(=O)NCC(O)(c2ccc(OC)c(-c3ccc(F)c(I)c3)n2)C(F)(F)F)ccc1OC[C@@H](C)O. The summed E-state index contributed by atoms with van der Waals surface area (Å²) in [5, 5.41) is 22.3. The minimum atomic E-state index is -5.24. The van der Waals surface area contributed by atoms with Crippen LogP contribution in [0.5, 0.6) is 17.2 Å². The van der Waals surface area contributed by atoms with E-state index >= 15 is 0 Å². The summed E-state index contributed by atoms with van der Waals surface area (Å²) < 4.78 is 72.4. The lowest BCUT2D eigenvalue weighted by molar-refractivity contribution is -0.265. The average molecular weight is 664 g/mol. The van der Waals surface area contributed by atoms with Gasteiger partial charge in [-0.1, -0.05) is 0 Å². The van der Waals surface area contributed by atoms with Crippen molar-refractivity contribution >= 4 is 28.5 Å². The largest absolute Gasteiger partial charge is 0.494 e. The molecule has 0 saturated heterocycles. The summed E-state index contributed by atoms with van der Waals surface area (Å²) in [6.45, 7) is 0.198. The van der Waals surface area contributed by atoms with Crippen molar-refractivity contribution in [1.29, 1.82) is 0 Å². The monoisotopic (exact) mass is 664 g/mol. The van der Waals surface area contributed by atoms with Crippen molar-refractivity contribution in [3.63, 3.8) is 0 Å². The van der Waals surface area contributed by atoms with Gasteiger partial charge < -0.3 is 29.7 Å². The summed E-state index contributed by atoms with van der Waals surface area (Å²) in [6.07, 6.45) is -6.01. The van der Waals surface area contributed by atoms with Crippen LogP contribution in [-0.2, 0) is 5.60 Å². The van der Waals surface area contributed by atoms with Gasteiger partial charge in [0.05, 0.1) is 32.6 Å². The van der Waals surface area contributed by atoms with Crippen LogP contribution in [0.2, 0.25) is 0 Å². The number of amides is 1. The number of aliphatic hydroxyl groups excluding tert-OH is 1. The molecule has 0 aliphatic heterocycles. The Morgan fingerprint density at radius 1 is 1.05 bits per heavy atom. The zero-order valence-corrected chi connectivity index (χ0v) is 23.1. The van der Waals surface area contributed by atoms with Crippen LogP contribution in [-0.4, -0.2) is 60.8 Å². The molecule has 3 N–H and O–H groups in total. The Labute approximate surface area is 235 Å². The van der Waals surface area contributed by atoms with E-state index in [-0.39, 0.29) is 44.2 Å². The molecule has 210 valence electrons. The second kappa shape index (κ2) is 12.3. The Kier molecular flexibility index (Phi) is 9.61. The molecule has 1 aromatic heterocycles. The molecular weight excluding hydrogens is 639 g/mol. The van der Waals surface area contributed by atoms with E-state index in [4.69, 9.17) is 14.2 Å². The molecule has 0 saturated carbocycles. The summed E-state index contributed by atoms with van der Waals surface area (Å²) >= 11 is 1.73. The summed E-state index contributed by atoms with van der Waals surface area (Å²) in [5.41, 5.74) is -4.24. The quantitative estimate of drug-likeness (QED) is 0.217. The van der Waals surface area contributed by atoms with Crippen LogP contribution >= 0.6 is 22.6 Å². The normalized spacial score (nSPS) is 13.8. The van der Waals surface area contributed by atoms with Gasteiger partial charge in [0.15, 0.2) is 11.5 Å². The van der Waals surface area contributed by atoms with E-state index in [9.17, 15) is 32.6 Å². The second-order valence-corrected chi connectivity index (χ2v) is 9.60. The number of hydrogen-bond acceptors (Lipinski definition) is 7. The van der Waals surface area contributed by atoms with Crippen molar-refractivity contribution in [3.8, 4) is 28.5 Å². The number of nitrogens with one attached hydrogen (secondary N) is 1. The van der Waals surface area contributed by atoms with Crippen molar-refractivity contribution in [1.82, 2.24) is 10.3 Å². The highest BCUT2D eigenvalue weighted by atomic mass is 127. The standard InChI is InChI=1S/C26H25F4IN2O6/c1-14(34)12-39-19-7-5-16(11-21(19)38-3)24(35)32-13-25(36,26(28,29)30)22-9-8-20(37-2)23(33-22)15-4-6-17(27)18(31)10-15/h4-11,14,34,36H,12-13H2,1-3H3,(H,32,35)/t14-,25?/m1/s1. The van der Waals surface area contributed by atoms with Gasteiger partial charge in [-0.25, -0.2) is 9.37 Å². The van der Waals surface area contributed by atoms with E-state index in [0.29, 0.717) is 0 Å².